The number of ether oxygens (including phenoxy) is 1. The number of carbonyl (C=O) groups excluding carboxylic acids is 1. The molecule has 0 radical (unpaired) electrons. The standard InChI is InChI=1S/C14H11ClFN5O2/c1-23-14-12-20-19-11(21(12)5-4-17-14)7-18-13(22)8-2-3-10(16)9(15)6-8/h2-6H,7H2,1H3,(H,18,22). The maximum atomic E-state index is 13.1. The van der Waals surface area contributed by atoms with Crippen LogP contribution in [0, 0.1) is 5.82 Å². The van der Waals surface area contributed by atoms with Crippen LogP contribution in [-0.4, -0.2) is 32.6 Å². The molecule has 0 aliphatic heterocycles. The molecule has 0 saturated carbocycles. The fourth-order valence-electron chi connectivity index (χ4n) is 2.01. The van der Waals surface area contributed by atoms with Gasteiger partial charge in [-0.25, -0.2) is 9.37 Å². The van der Waals surface area contributed by atoms with Crippen molar-refractivity contribution in [2.75, 3.05) is 7.11 Å². The zero-order valence-corrected chi connectivity index (χ0v) is 12.7. The van der Waals surface area contributed by atoms with Gasteiger partial charge in [0.25, 0.3) is 11.8 Å². The number of carbonyl (C=O) groups is 1. The molecule has 1 aromatic carbocycles. The highest BCUT2D eigenvalue weighted by Gasteiger charge is 2.13. The van der Waals surface area contributed by atoms with Crippen LogP contribution in [-0.2, 0) is 6.54 Å². The number of hydrogen-bond acceptors (Lipinski definition) is 5. The summed E-state index contributed by atoms with van der Waals surface area (Å²) in [5, 5.41) is 10.5. The molecular weight excluding hydrogens is 325 g/mol. The molecule has 23 heavy (non-hydrogen) atoms. The van der Waals surface area contributed by atoms with E-state index in [1.165, 1.54) is 19.2 Å². The second kappa shape index (κ2) is 6.17. The van der Waals surface area contributed by atoms with Gasteiger partial charge in [0.05, 0.1) is 18.7 Å². The molecule has 0 saturated heterocycles. The Balaban J connectivity index is 1.78. The highest BCUT2D eigenvalue weighted by atomic mass is 35.5. The molecule has 0 aliphatic rings. The van der Waals surface area contributed by atoms with Crippen molar-refractivity contribution >= 4 is 23.2 Å². The summed E-state index contributed by atoms with van der Waals surface area (Å²) in [5.74, 6) is -0.138. The van der Waals surface area contributed by atoms with Gasteiger partial charge >= 0.3 is 0 Å². The Kier molecular flexibility index (Phi) is 4.07. The lowest BCUT2D eigenvalue weighted by atomic mass is 10.2. The highest BCUT2D eigenvalue weighted by Crippen LogP contribution is 2.16. The van der Waals surface area contributed by atoms with Crippen molar-refractivity contribution in [3.8, 4) is 5.88 Å². The molecule has 0 bridgehead atoms. The lowest BCUT2D eigenvalue weighted by molar-refractivity contribution is 0.0949. The topological polar surface area (TPSA) is 81.4 Å². The number of halogens is 2. The minimum absolute atomic E-state index is 0.110. The molecule has 0 spiro atoms. The van der Waals surface area contributed by atoms with Gasteiger partial charge in [-0.2, -0.15) is 0 Å². The van der Waals surface area contributed by atoms with Gasteiger partial charge in [-0.15, -0.1) is 10.2 Å². The van der Waals surface area contributed by atoms with Gasteiger partial charge in [-0.1, -0.05) is 11.6 Å². The molecule has 0 atom stereocenters. The Labute approximate surface area is 135 Å². The lowest BCUT2D eigenvalue weighted by Gasteiger charge is -2.05. The fraction of sp³-hybridized carbons (Fsp3) is 0.143. The molecular formula is C14H11ClFN5O2. The van der Waals surface area contributed by atoms with Crippen LogP contribution in [0.15, 0.2) is 30.6 Å². The van der Waals surface area contributed by atoms with Crippen LogP contribution < -0.4 is 10.1 Å². The van der Waals surface area contributed by atoms with Gasteiger partial charge in [0.15, 0.2) is 5.82 Å². The Morgan fingerprint density at radius 1 is 1.43 bits per heavy atom. The Morgan fingerprint density at radius 2 is 2.26 bits per heavy atom. The van der Waals surface area contributed by atoms with E-state index in [1.807, 2.05) is 0 Å². The molecule has 1 N–H and O–H groups in total. The first-order valence-electron chi connectivity index (χ1n) is 6.56. The average molecular weight is 336 g/mol. The maximum Gasteiger partial charge on any atom is 0.260 e. The van der Waals surface area contributed by atoms with Gasteiger partial charge < -0.3 is 10.1 Å². The van der Waals surface area contributed by atoms with E-state index in [2.05, 4.69) is 20.5 Å². The smallest absolute Gasteiger partial charge is 0.260 e. The van der Waals surface area contributed by atoms with Gasteiger partial charge in [-0.05, 0) is 18.2 Å². The number of nitrogens with one attached hydrogen (secondary N) is 1. The number of benzene rings is 1. The first kappa shape index (κ1) is 15.2. The summed E-state index contributed by atoms with van der Waals surface area (Å²) in [6.07, 6.45) is 3.20. The minimum atomic E-state index is -0.578. The summed E-state index contributed by atoms with van der Waals surface area (Å²) in [6, 6.07) is 3.76. The quantitative estimate of drug-likeness (QED) is 0.787. The molecule has 7 nitrogen and oxygen atoms in total. The van der Waals surface area contributed by atoms with Crippen LogP contribution in [0.2, 0.25) is 5.02 Å². The zero-order chi connectivity index (χ0) is 16.4. The molecule has 2 heterocycles. The summed E-state index contributed by atoms with van der Waals surface area (Å²) in [4.78, 5) is 16.1. The second-order valence-corrected chi connectivity index (χ2v) is 4.97. The molecule has 9 heteroatoms. The van der Waals surface area contributed by atoms with E-state index in [1.54, 1.807) is 16.8 Å². The van der Waals surface area contributed by atoms with E-state index in [-0.39, 0.29) is 17.1 Å². The number of methoxy groups -OCH3 is 1. The lowest BCUT2D eigenvalue weighted by Crippen LogP contribution is -2.24. The Morgan fingerprint density at radius 3 is 3.00 bits per heavy atom. The monoisotopic (exact) mass is 335 g/mol. The normalized spacial score (nSPS) is 10.7. The molecule has 3 rings (SSSR count). The predicted octanol–water partition coefficient (Wildman–Crippen LogP) is 1.86. The largest absolute Gasteiger partial charge is 0.478 e. The number of fused-ring (bicyclic) bond motifs is 1. The third-order valence-corrected chi connectivity index (χ3v) is 3.44. The van der Waals surface area contributed by atoms with Crippen molar-refractivity contribution in [2.24, 2.45) is 0 Å². The number of amides is 1. The van der Waals surface area contributed by atoms with Crippen LogP contribution in [0.1, 0.15) is 16.2 Å². The maximum absolute atomic E-state index is 13.1. The summed E-state index contributed by atoms with van der Waals surface area (Å²) in [6.45, 7) is 0.127. The van der Waals surface area contributed by atoms with E-state index in [9.17, 15) is 9.18 Å². The Hall–Kier alpha value is -2.74. The summed E-state index contributed by atoms with van der Waals surface area (Å²) < 4.78 is 19.9. The first-order valence-corrected chi connectivity index (χ1v) is 6.94. The number of hydrogen-bond donors (Lipinski definition) is 1. The zero-order valence-electron chi connectivity index (χ0n) is 12.0. The summed E-state index contributed by atoms with van der Waals surface area (Å²) in [7, 11) is 1.48. The van der Waals surface area contributed by atoms with Gasteiger partial charge in [-0.3, -0.25) is 9.20 Å². The van der Waals surface area contributed by atoms with E-state index in [0.717, 1.165) is 6.07 Å². The summed E-state index contributed by atoms with van der Waals surface area (Å²) in [5.41, 5.74) is 0.702. The highest BCUT2D eigenvalue weighted by molar-refractivity contribution is 6.31. The summed E-state index contributed by atoms with van der Waals surface area (Å²) >= 11 is 5.67. The van der Waals surface area contributed by atoms with Crippen LogP contribution in [0.25, 0.3) is 5.65 Å². The number of aromatic nitrogens is 4. The molecule has 0 fully saturated rings. The van der Waals surface area contributed by atoms with Gasteiger partial charge in [0, 0.05) is 18.0 Å². The third kappa shape index (κ3) is 2.93. The minimum Gasteiger partial charge on any atom is -0.478 e. The Bertz CT molecular complexity index is 883. The van der Waals surface area contributed by atoms with Crippen molar-refractivity contribution in [3.05, 3.63) is 52.8 Å². The van der Waals surface area contributed by atoms with E-state index >= 15 is 0 Å². The second-order valence-electron chi connectivity index (χ2n) is 4.56. The van der Waals surface area contributed by atoms with Crippen LogP contribution >= 0.6 is 11.6 Å². The fourth-order valence-corrected chi connectivity index (χ4v) is 2.20. The van der Waals surface area contributed by atoms with Crippen molar-refractivity contribution in [1.29, 1.82) is 0 Å². The number of nitrogens with zero attached hydrogens (tertiary/aromatic N) is 4. The van der Waals surface area contributed by atoms with E-state index in [4.69, 9.17) is 16.3 Å². The van der Waals surface area contributed by atoms with Gasteiger partial charge in [0.1, 0.15) is 5.82 Å². The van der Waals surface area contributed by atoms with Crippen LogP contribution in [0.3, 0.4) is 0 Å². The van der Waals surface area contributed by atoms with Crippen LogP contribution in [0.4, 0.5) is 4.39 Å². The van der Waals surface area contributed by atoms with Crippen molar-refractivity contribution in [1.82, 2.24) is 24.9 Å². The molecule has 118 valence electrons. The predicted molar refractivity (Wildman–Crippen MR) is 79.9 cm³/mol. The SMILES string of the molecule is COc1nccn2c(CNC(=O)c3ccc(F)c(Cl)c3)nnc12. The molecule has 3 aromatic rings. The van der Waals surface area contributed by atoms with E-state index < -0.39 is 11.7 Å². The third-order valence-electron chi connectivity index (χ3n) is 3.15. The van der Waals surface area contributed by atoms with E-state index in [0.29, 0.717) is 17.4 Å². The average Bonchev–Trinajstić information content (AvgIpc) is 2.98. The molecule has 2 aromatic heterocycles. The molecule has 0 aliphatic carbocycles. The first-order chi connectivity index (χ1) is 11.1. The van der Waals surface area contributed by atoms with Gasteiger partial charge in [0.2, 0.25) is 5.65 Å². The van der Waals surface area contributed by atoms with Crippen LogP contribution in [0.5, 0.6) is 5.88 Å². The van der Waals surface area contributed by atoms with Crippen molar-refractivity contribution in [3.63, 3.8) is 0 Å². The number of rotatable bonds is 4. The van der Waals surface area contributed by atoms with Crippen molar-refractivity contribution in [2.45, 2.75) is 6.54 Å². The molecule has 0 unspecified atom stereocenters. The molecule has 1 amide bonds. The van der Waals surface area contributed by atoms with Crippen molar-refractivity contribution < 1.29 is 13.9 Å².